The first-order valence-electron chi connectivity index (χ1n) is 13.6. The van der Waals surface area contributed by atoms with Crippen LogP contribution in [0.15, 0.2) is 18.2 Å². The summed E-state index contributed by atoms with van der Waals surface area (Å²) in [5.74, 6) is -0.0754. The molecular formula is C28H37N3O4. The van der Waals surface area contributed by atoms with Gasteiger partial charge in [-0.05, 0) is 74.5 Å². The monoisotopic (exact) mass is 479 g/mol. The molecule has 1 spiro atoms. The van der Waals surface area contributed by atoms with E-state index in [1.165, 1.54) is 56.9 Å². The minimum atomic E-state index is -0.552. The molecule has 3 heterocycles. The molecule has 2 N–H and O–H groups in total. The maximum atomic E-state index is 13.0. The predicted octanol–water partition coefficient (Wildman–Crippen LogP) is 3.10. The van der Waals surface area contributed by atoms with Crippen LogP contribution in [0.25, 0.3) is 0 Å². The van der Waals surface area contributed by atoms with E-state index < -0.39 is 6.04 Å². The van der Waals surface area contributed by atoms with Crippen LogP contribution >= 0.6 is 0 Å². The Kier molecular flexibility index (Phi) is 6.17. The zero-order valence-corrected chi connectivity index (χ0v) is 20.5. The lowest BCUT2D eigenvalue weighted by atomic mass is 9.70. The number of ether oxygens (including phenoxy) is 1. The molecule has 7 nitrogen and oxygen atoms in total. The highest BCUT2D eigenvalue weighted by Crippen LogP contribution is 2.42. The Balaban J connectivity index is 1.09. The number of benzene rings is 1. The van der Waals surface area contributed by atoms with Gasteiger partial charge in [0.25, 0.3) is 5.91 Å². The highest BCUT2D eigenvalue weighted by molar-refractivity contribution is 6.05. The second-order valence-corrected chi connectivity index (χ2v) is 11.7. The van der Waals surface area contributed by atoms with E-state index in [4.69, 9.17) is 4.74 Å². The van der Waals surface area contributed by atoms with Gasteiger partial charge in [-0.2, -0.15) is 0 Å². The van der Waals surface area contributed by atoms with Gasteiger partial charge in [0.1, 0.15) is 6.04 Å². The Hall–Kier alpha value is -2.25. The third kappa shape index (κ3) is 4.53. The maximum absolute atomic E-state index is 13.0. The molecule has 3 aliphatic heterocycles. The summed E-state index contributed by atoms with van der Waals surface area (Å²) in [5, 5.41) is 6.44. The molecule has 6 rings (SSSR count). The van der Waals surface area contributed by atoms with Crippen molar-refractivity contribution < 1.29 is 19.1 Å². The third-order valence-electron chi connectivity index (χ3n) is 9.31. The molecule has 1 aromatic rings. The minimum absolute atomic E-state index is 0.0924. The van der Waals surface area contributed by atoms with Crippen LogP contribution in [-0.4, -0.2) is 54.0 Å². The largest absolute Gasteiger partial charge is 0.380 e. The summed E-state index contributed by atoms with van der Waals surface area (Å²) >= 11 is 0. The van der Waals surface area contributed by atoms with Gasteiger partial charge in [0, 0.05) is 36.0 Å². The molecule has 2 saturated heterocycles. The number of rotatable bonds is 5. The van der Waals surface area contributed by atoms with E-state index in [2.05, 4.69) is 22.8 Å². The lowest BCUT2D eigenvalue weighted by Gasteiger charge is -2.47. The van der Waals surface area contributed by atoms with E-state index in [9.17, 15) is 14.4 Å². The number of nitrogens with zero attached hydrogens (tertiary/aromatic N) is 1. The molecule has 4 fully saturated rings. The predicted molar refractivity (Wildman–Crippen MR) is 131 cm³/mol. The van der Waals surface area contributed by atoms with Crippen LogP contribution in [0.5, 0.6) is 0 Å². The van der Waals surface area contributed by atoms with E-state index in [1.54, 1.807) is 4.90 Å². The molecule has 0 radical (unpaired) electrons. The molecule has 35 heavy (non-hydrogen) atoms. The van der Waals surface area contributed by atoms with Crippen molar-refractivity contribution in [3.05, 3.63) is 34.9 Å². The number of piperidine rings is 1. The molecular weight excluding hydrogens is 442 g/mol. The van der Waals surface area contributed by atoms with Crippen molar-refractivity contribution in [2.75, 3.05) is 13.2 Å². The number of carbonyl (C=O) groups excluding carboxylic acids is 3. The molecule has 2 aliphatic carbocycles. The highest BCUT2D eigenvalue weighted by Gasteiger charge is 2.42. The normalized spacial score (nSPS) is 30.8. The van der Waals surface area contributed by atoms with Crippen molar-refractivity contribution in [1.29, 1.82) is 0 Å². The number of hydrogen-bond donors (Lipinski definition) is 2. The Bertz CT molecular complexity index is 1010. The van der Waals surface area contributed by atoms with E-state index in [0.717, 1.165) is 25.2 Å². The van der Waals surface area contributed by atoms with Crippen LogP contribution in [-0.2, 0) is 27.3 Å². The lowest BCUT2D eigenvalue weighted by Crippen LogP contribution is -2.52. The number of nitrogens with one attached hydrogen (secondary N) is 2. The van der Waals surface area contributed by atoms with Crippen molar-refractivity contribution in [2.24, 2.45) is 11.3 Å². The fraction of sp³-hybridized carbons (Fsp3) is 0.679. The van der Waals surface area contributed by atoms with Crippen LogP contribution in [0.4, 0.5) is 0 Å². The van der Waals surface area contributed by atoms with Gasteiger partial charge in [-0.3, -0.25) is 19.7 Å². The van der Waals surface area contributed by atoms with E-state index in [0.29, 0.717) is 41.9 Å². The van der Waals surface area contributed by atoms with Crippen molar-refractivity contribution in [2.45, 2.75) is 95.3 Å². The van der Waals surface area contributed by atoms with E-state index >= 15 is 0 Å². The lowest BCUT2D eigenvalue weighted by molar-refractivity contribution is -0.136. The van der Waals surface area contributed by atoms with Gasteiger partial charge in [0.15, 0.2) is 0 Å². The summed E-state index contributed by atoms with van der Waals surface area (Å²) in [4.78, 5) is 38.5. The van der Waals surface area contributed by atoms with Crippen molar-refractivity contribution in [3.63, 3.8) is 0 Å². The first-order chi connectivity index (χ1) is 17.0. The highest BCUT2D eigenvalue weighted by atomic mass is 16.5. The zero-order chi connectivity index (χ0) is 24.0. The SMILES string of the molecule is O=C1CCC(N2Cc3cc(C[C@H]4CCCC[C@@H]4NC4CCC5(CC4)COC5)ccc3C2=O)C(=O)N1. The number of imide groups is 1. The van der Waals surface area contributed by atoms with Crippen LogP contribution in [0.3, 0.4) is 0 Å². The molecule has 188 valence electrons. The van der Waals surface area contributed by atoms with Gasteiger partial charge in [-0.25, -0.2) is 0 Å². The average Bonchev–Trinajstić information content (AvgIpc) is 3.15. The average molecular weight is 480 g/mol. The summed E-state index contributed by atoms with van der Waals surface area (Å²) in [6, 6.07) is 6.89. The van der Waals surface area contributed by atoms with Crippen molar-refractivity contribution >= 4 is 17.7 Å². The molecule has 3 amide bonds. The summed E-state index contributed by atoms with van der Waals surface area (Å²) in [6.07, 6.45) is 11.9. The van der Waals surface area contributed by atoms with Crippen molar-refractivity contribution in [1.82, 2.24) is 15.5 Å². The Labute approximate surface area is 207 Å². The van der Waals surface area contributed by atoms with E-state index in [1.807, 2.05) is 6.07 Å². The van der Waals surface area contributed by atoms with Gasteiger partial charge >= 0.3 is 0 Å². The molecule has 5 aliphatic rings. The van der Waals surface area contributed by atoms with Gasteiger partial charge in [-0.15, -0.1) is 0 Å². The van der Waals surface area contributed by atoms with Crippen LogP contribution in [0, 0.1) is 11.3 Å². The summed E-state index contributed by atoms with van der Waals surface area (Å²) in [6.45, 7) is 2.38. The quantitative estimate of drug-likeness (QED) is 0.634. The van der Waals surface area contributed by atoms with Crippen molar-refractivity contribution in [3.8, 4) is 0 Å². The third-order valence-corrected chi connectivity index (χ3v) is 9.31. The molecule has 3 atom stereocenters. The first kappa shape index (κ1) is 23.2. The van der Waals surface area contributed by atoms with E-state index in [-0.39, 0.29) is 24.1 Å². The van der Waals surface area contributed by atoms with Crippen LogP contribution in [0.1, 0.15) is 85.7 Å². The molecule has 7 heteroatoms. The topological polar surface area (TPSA) is 87.7 Å². The number of amides is 3. The van der Waals surface area contributed by atoms with Gasteiger partial charge < -0.3 is 15.0 Å². The fourth-order valence-corrected chi connectivity index (χ4v) is 7.11. The molecule has 1 aromatic carbocycles. The summed E-state index contributed by atoms with van der Waals surface area (Å²) < 4.78 is 5.50. The summed E-state index contributed by atoms with van der Waals surface area (Å²) in [5.41, 5.74) is 3.49. The Morgan fingerprint density at radius 3 is 2.57 bits per heavy atom. The minimum Gasteiger partial charge on any atom is -0.380 e. The van der Waals surface area contributed by atoms with Gasteiger partial charge in [0.2, 0.25) is 11.8 Å². The molecule has 0 bridgehead atoms. The number of fused-ring (bicyclic) bond motifs is 1. The smallest absolute Gasteiger partial charge is 0.255 e. The Morgan fingerprint density at radius 2 is 1.83 bits per heavy atom. The number of carbonyl (C=O) groups is 3. The fourth-order valence-electron chi connectivity index (χ4n) is 7.11. The Morgan fingerprint density at radius 1 is 1.03 bits per heavy atom. The van der Waals surface area contributed by atoms with Crippen LogP contribution in [0.2, 0.25) is 0 Å². The summed E-state index contributed by atoms with van der Waals surface area (Å²) in [7, 11) is 0. The standard InChI is InChI=1S/C28H37N3O4/c32-25-8-7-24(26(33)30-25)31-15-20-14-18(5-6-22(20)27(31)34)13-19-3-1-2-4-23(19)29-21-9-11-28(12-10-21)16-35-17-28/h5-6,14,19,21,23-24,29H,1-4,7-13,15-17H2,(H,30,32,33)/t19-,23+,24?/m1/s1. The second kappa shape index (κ2) is 9.32. The number of hydrogen-bond acceptors (Lipinski definition) is 5. The molecule has 0 aromatic heterocycles. The van der Waals surface area contributed by atoms with Crippen LogP contribution < -0.4 is 10.6 Å². The molecule has 2 saturated carbocycles. The zero-order valence-electron chi connectivity index (χ0n) is 20.5. The second-order valence-electron chi connectivity index (χ2n) is 11.7. The first-order valence-corrected chi connectivity index (χ1v) is 13.6. The van der Waals surface area contributed by atoms with Gasteiger partial charge in [-0.1, -0.05) is 25.0 Å². The molecule has 1 unspecified atom stereocenters. The maximum Gasteiger partial charge on any atom is 0.255 e. The van der Waals surface area contributed by atoms with Gasteiger partial charge in [0.05, 0.1) is 13.2 Å².